The van der Waals surface area contributed by atoms with Gasteiger partial charge in [-0.1, -0.05) is 27.7 Å². The summed E-state index contributed by atoms with van der Waals surface area (Å²) < 4.78 is 29.4. The number of aryl methyl sites for hydroxylation is 1. The van der Waals surface area contributed by atoms with E-state index in [4.69, 9.17) is 0 Å². The quantitative estimate of drug-likeness (QED) is 0.879. The normalized spacial score (nSPS) is 13.0. The van der Waals surface area contributed by atoms with Gasteiger partial charge in [-0.2, -0.15) is 11.3 Å². The van der Waals surface area contributed by atoms with E-state index in [9.17, 15) is 8.42 Å². The van der Waals surface area contributed by atoms with Gasteiger partial charge in [-0.05, 0) is 22.4 Å². The van der Waals surface area contributed by atoms with E-state index < -0.39 is 10.0 Å². The molecule has 0 radical (unpaired) electrons. The Balaban J connectivity index is 2.17. The Bertz CT molecular complexity index is 729. The lowest BCUT2D eigenvalue weighted by Gasteiger charge is -2.23. The molecule has 2 aromatic heterocycles. The molecular weight excluding hydrogens is 318 g/mol. The molecule has 2 rings (SSSR count). The van der Waals surface area contributed by atoms with Crippen LogP contribution in [-0.2, 0) is 22.5 Å². The molecule has 0 fully saturated rings. The Kier molecular flexibility index (Phi) is 4.79. The summed E-state index contributed by atoms with van der Waals surface area (Å²) >= 11 is 1.61. The van der Waals surface area contributed by atoms with Crippen molar-refractivity contribution in [3.63, 3.8) is 0 Å². The second-order valence-corrected chi connectivity index (χ2v) is 8.92. The van der Waals surface area contributed by atoms with Gasteiger partial charge in [0.2, 0.25) is 0 Å². The number of imidazole rings is 1. The Morgan fingerprint density at radius 2 is 2.09 bits per heavy atom. The third-order valence-corrected chi connectivity index (χ3v) is 5.64. The van der Waals surface area contributed by atoms with Gasteiger partial charge in [0.1, 0.15) is 5.82 Å². The first kappa shape index (κ1) is 17.2. The molecule has 0 aliphatic heterocycles. The van der Waals surface area contributed by atoms with Gasteiger partial charge >= 0.3 is 0 Å². The highest BCUT2D eigenvalue weighted by atomic mass is 32.2. The summed E-state index contributed by atoms with van der Waals surface area (Å²) in [5.74, 6) is 0.939. The highest BCUT2D eigenvalue weighted by Gasteiger charge is 2.26. The van der Waals surface area contributed by atoms with E-state index in [1.807, 2.05) is 51.6 Å². The van der Waals surface area contributed by atoms with Gasteiger partial charge in [0, 0.05) is 31.1 Å². The minimum atomic E-state index is -3.60. The Labute approximate surface area is 136 Å². The lowest BCUT2D eigenvalue weighted by Crippen LogP contribution is -2.36. The smallest absolute Gasteiger partial charge is 0.259 e. The van der Waals surface area contributed by atoms with Crippen LogP contribution in [0.1, 0.15) is 45.0 Å². The Morgan fingerprint density at radius 3 is 2.59 bits per heavy atom. The molecule has 0 saturated carbocycles. The van der Waals surface area contributed by atoms with E-state index in [0.29, 0.717) is 6.54 Å². The van der Waals surface area contributed by atoms with Crippen molar-refractivity contribution < 1.29 is 8.42 Å². The fourth-order valence-corrected chi connectivity index (χ4v) is 4.28. The first-order chi connectivity index (χ1) is 10.1. The molecule has 0 atom stereocenters. The minimum absolute atomic E-state index is 0.0832. The van der Waals surface area contributed by atoms with E-state index in [0.717, 1.165) is 11.4 Å². The number of aromatic nitrogens is 2. The number of rotatable bonds is 6. The number of hydrogen-bond donors (Lipinski definition) is 1. The molecule has 122 valence electrons. The van der Waals surface area contributed by atoms with Gasteiger partial charge in [0.15, 0.2) is 5.03 Å². The van der Waals surface area contributed by atoms with Crippen LogP contribution >= 0.6 is 11.3 Å². The van der Waals surface area contributed by atoms with Crippen LogP contribution < -0.4 is 4.72 Å². The van der Waals surface area contributed by atoms with E-state index in [-0.39, 0.29) is 16.4 Å². The van der Waals surface area contributed by atoms with Crippen LogP contribution in [0.5, 0.6) is 0 Å². The Hall–Kier alpha value is -1.18. The molecule has 1 N–H and O–H groups in total. The van der Waals surface area contributed by atoms with Crippen molar-refractivity contribution in [2.24, 2.45) is 7.05 Å². The van der Waals surface area contributed by atoms with Crippen LogP contribution in [-0.4, -0.2) is 24.5 Å². The molecule has 0 unspecified atom stereocenters. The van der Waals surface area contributed by atoms with Crippen LogP contribution in [0.4, 0.5) is 0 Å². The van der Waals surface area contributed by atoms with Crippen molar-refractivity contribution in [2.75, 3.05) is 6.54 Å². The molecule has 22 heavy (non-hydrogen) atoms. The van der Waals surface area contributed by atoms with Crippen LogP contribution in [0.25, 0.3) is 0 Å². The maximum absolute atomic E-state index is 12.5. The first-order valence-corrected chi connectivity index (χ1v) is 9.62. The molecule has 2 heterocycles. The molecule has 0 aliphatic carbocycles. The second-order valence-electron chi connectivity index (χ2n) is 6.42. The van der Waals surface area contributed by atoms with Crippen molar-refractivity contribution >= 4 is 21.4 Å². The van der Waals surface area contributed by atoms with Gasteiger partial charge < -0.3 is 4.57 Å². The van der Waals surface area contributed by atoms with Gasteiger partial charge in [-0.15, -0.1) is 0 Å². The minimum Gasteiger partial charge on any atom is -0.336 e. The predicted octanol–water partition coefficient (Wildman–Crippen LogP) is 2.86. The maximum atomic E-state index is 12.5. The summed E-state index contributed by atoms with van der Waals surface area (Å²) in [4.78, 5) is 4.26. The van der Waals surface area contributed by atoms with Crippen LogP contribution in [0.15, 0.2) is 28.0 Å². The zero-order valence-electron chi connectivity index (χ0n) is 13.6. The number of nitrogens with zero attached hydrogens (tertiary/aromatic N) is 2. The summed E-state index contributed by atoms with van der Waals surface area (Å²) in [5, 5.41) is 4.13. The SMILES string of the molecule is CC(C)c1nc(S(=O)(=O)NCC(C)(C)c2ccsc2)cn1C. The molecule has 7 heteroatoms. The van der Waals surface area contributed by atoms with Crippen molar-refractivity contribution in [1.82, 2.24) is 14.3 Å². The van der Waals surface area contributed by atoms with Crippen molar-refractivity contribution in [1.29, 1.82) is 0 Å². The number of nitrogens with one attached hydrogen (secondary N) is 1. The first-order valence-electron chi connectivity index (χ1n) is 7.19. The van der Waals surface area contributed by atoms with Gasteiger partial charge in [0.05, 0.1) is 0 Å². The van der Waals surface area contributed by atoms with Crippen molar-refractivity contribution in [2.45, 2.75) is 44.1 Å². The van der Waals surface area contributed by atoms with E-state index >= 15 is 0 Å². The van der Waals surface area contributed by atoms with Gasteiger partial charge in [-0.3, -0.25) is 0 Å². The largest absolute Gasteiger partial charge is 0.336 e. The van der Waals surface area contributed by atoms with Crippen molar-refractivity contribution in [3.05, 3.63) is 34.4 Å². The third-order valence-electron chi connectivity index (χ3n) is 3.69. The fraction of sp³-hybridized carbons (Fsp3) is 0.533. The molecule has 5 nitrogen and oxygen atoms in total. The van der Waals surface area contributed by atoms with Crippen LogP contribution in [0.2, 0.25) is 0 Å². The highest BCUT2D eigenvalue weighted by molar-refractivity contribution is 7.89. The van der Waals surface area contributed by atoms with Gasteiger partial charge in [0.25, 0.3) is 10.0 Å². The molecule has 0 aliphatic rings. The molecule has 0 saturated heterocycles. The lowest BCUT2D eigenvalue weighted by atomic mass is 9.87. The van der Waals surface area contributed by atoms with Crippen LogP contribution in [0.3, 0.4) is 0 Å². The summed E-state index contributed by atoms with van der Waals surface area (Å²) in [6.07, 6.45) is 1.56. The highest BCUT2D eigenvalue weighted by Crippen LogP contribution is 2.25. The predicted molar refractivity (Wildman–Crippen MR) is 89.8 cm³/mol. The molecule has 0 amide bonds. The second kappa shape index (κ2) is 6.14. The van der Waals surface area contributed by atoms with E-state index in [2.05, 4.69) is 9.71 Å². The maximum Gasteiger partial charge on any atom is 0.259 e. The van der Waals surface area contributed by atoms with Crippen molar-refractivity contribution in [3.8, 4) is 0 Å². The summed E-state index contributed by atoms with van der Waals surface area (Å²) in [6.45, 7) is 8.36. The molecular formula is C15H23N3O2S2. The summed E-state index contributed by atoms with van der Waals surface area (Å²) in [5.41, 5.74) is 0.868. The molecule has 0 aromatic carbocycles. The summed E-state index contributed by atoms with van der Waals surface area (Å²) in [6, 6.07) is 2.02. The van der Waals surface area contributed by atoms with Crippen LogP contribution in [0, 0.1) is 0 Å². The topological polar surface area (TPSA) is 64.0 Å². The Morgan fingerprint density at radius 1 is 1.41 bits per heavy atom. The standard InChI is InChI=1S/C15H23N3O2S2/c1-11(2)14-17-13(8-18(14)5)22(19,20)16-10-15(3,4)12-6-7-21-9-12/h6-9,11,16H,10H2,1-5H3. The molecule has 2 aromatic rings. The van der Waals surface area contributed by atoms with E-state index in [1.165, 1.54) is 0 Å². The zero-order valence-corrected chi connectivity index (χ0v) is 15.3. The fourth-order valence-electron chi connectivity index (χ4n) is 2.22. The zero-order chi connectivity index (χ0) is 16.5. The third kappa shape index (κ3) is 3.59. The molecule has 0 bridgehead atoms. The van der Waals surface area contributed by atoms with Gasteiger partial charge in [-0.25, -0.2) is 18.1 Å². The monoisotopic (exact) mass is 341 g/mol. The number of thiophene rings is 1. The summed E-state index contributed by atoms with van der Waals surface area (Å²) in [7, 11) is -1.78. The lowest BCUT2D eigenvalue weighted by molar-refractivity contribution is 0.502. The van der Waals surface area contributed by atoms with E-state index in [1.54, 1.807) is 22.1 Å². The average molecular weight is 342 g/mol. The number of sulfonamides is 1. The number of hydrogen-bond acceptors (Lipinski definition) is 4. The molecule has 0 spiro atoms. The average Bonchev–Trinajstić information content (AvgIpc) is 3.05.